The normalized spacial score (nSPS) is 20.3. The molecule has 3 heterocycles. The molecule has 3 N–H and O–H groups in total. The molecule has 4 rings (SSSR count). The summed E-state index contributed by atoms with van der Waals surface area (Å²) in [5.74, 6) is 2.22. The number of carbonyl (C=O) groups excluding carboxylic acids is 1. The summed E-state index contributed by atoms with van der Waals surface area (Å²) < 4.78 is 42.9. The van der Waals surface area contributed by atoms with Crippen molar-refractivity contribution < 1.29 is 22.9 Å². The Hall–Kier alpha value is -2.99. The number of aromatic nitrogens is 2. The Balaban J connectivity index is 1.62. The minimum Gasteiger partial charge on any atom is -0.616 e. The van der Waals surface area contributed by atoms with Crippen molar-refractivity contribution in [2.75, 3.05) is 47.2 Å². The highest BCUT2D eigenvalue weighted by molar-refractivity contribution is 7.91. The van der Waals surface area contributed by atoms with E-state index >= 15 is 0 Å². The van der Waals surface area contributed by atoms with Gasteiger partial charge in [0.2, 0.25) is 5.95 Å². The molecule has 9 nitrogen and oxygen atoms in total. The van der Waals surface area contributed by atoms with Gasteiger partial charge >= 0.3 is 5.97 Å². The summed E-state index contributed by atoms with van der Waals surface area (Å²) in [7, 11) is 1.36. The van der Waals surface area contributed by atoms with Crippen LogP contribution in [0.15, 0.2) is 24.3 Å². The monoisotopic (exact) mass is 506 g/mol. The molecule has 1 aromatic carbocycles. The van der Waals surface area contributed by atoms with E-state index in [1.165, 1.54) is 25.3 Å². The van der Waals surface area contributed by atoms with Crippen molar-refractivity contribution in [2.45, 2.75) is 31.7 Å². The molecule has 2 aliphatic heterocycles. The number of esters is 1. The van der Waals surface area contributed by atoms with Gasteiger partial charge in [-0.1, -0.05) is 23.3 Å². The van der Waals surface area contributed by atoms with Gasteiger partial charge in [-0.3, -0.25) is 4.79 Å². The van der Waals surface area contributed by atoms with Crippen molar-refractivity contribution in [1.29, 1.82) is 5.41 Å². The molecule has 1 aromatic heterocycles. The summed E-state index contributed by atoms with van der Waals surface area (Å²) in [4.78, 5) is 22.8. The van der Waals surface area contributed by atoms with Gasteiger partial charge in [0.25, 0.3) is 6.43 Å². The van der Waals surface area contributed by atoms with Crippen LogP contribution < -0.4 is 15.5 Å². The first-order valence-corrected chi connectivity index (χ1v) is 12.9. The van der Waals surface area contributed by atoms with E-state index in [1.54, 1.807) is 6.07 Å². The van der Waals surface area contributed by atoms with Crippen LogP contribution in [0.5, 0.6) is 0 Å². The van der Waals surface area contributed by atoms with Gasteiger partial charge in [-0.2, -0.15) is 9.97 Å². The summed E-state index contributed by atoms with van der Waals surface area (Å²) in [6.07, 6.45) is 0.273. The minimum atomic E-state index is -2.61. The van der Waals surface area contributed by atoms with Crippen molar-refractivity contribution in [1.82, 2.24) is 9.97 Å². The van der Waals surface area contributed by atoms with Gasteiger partial charge in [-0.05, 0) is 12.1 Å². The molecule has 2 saturated heterocycles. The lowest BCUT2D eigenvalue weighted by atomic mass is 9.96. The van der Waals surface area contributed by atoms with E-state index in [4.69, 9.17) is 10.1 Å². The first-order valence-electron chi connectivity index (χ1n) is 11.4. The van der Waals surface area contributed by atoms with E-state index in [0.717, 1.165) is 19.1 Å². The van der Waals surface area contributed by atoms with E-state index in [9.17, 15) is 18.1 Å². The molecule has 2 aliphatic rings. The minimum absolute atomic E-state index is 0.0601. The quantitative estimate of drug-likeness (QED) is 0.268. The number of nitrogens with zero attached hydrogens (tertiary/aromatic N) is 3. The molecule has 0 unspecified atom stereocenters. The molecule has 0 aliphatic carbocycles. The number of alkyl halides is 2. The lowest BCUT2D eigenvalue weighted by molar-refractivity contribution is -0.141. The van der Waals surface area contributed by atoms with Gasteiger partial charge < -0.3 is 30.2 Å². The molecule has 2 fully saturated rings. The Labute approximate surface area is 205 Å². The summed E-state index contributed by atoms with van der Waals surface area (Å²) in [5.41, 5.74) is 0.712. The number of rotatable bonds is 9. The van der Waals surface area contributed by atoms with E-state index in [2.05, 4.69) is 20.6 Å². The van der Waals surface area contributed by atoms with E-state index in [0.29, 0.717) is 59.9 Å². The average Bonchev–Trinajstić information content (AvgIpc) is 2.82. The number of benzene rings is 1. The van der Waals surface area contributed by atoms with Crippen molar-refractivity contribution >= 4 is 46.6 Å². The second kappa shape index (κ2) is 11.2. The molecule has 2 aromatic rings. The van der Waals surface area contributed by atoms with Gasteiger partial charge in [-0.25, -0.2) is 8.78 Å². The largest absolute Gasteiger partial charge is 0.616 e. The maximum atomic E-state index is 13.2. The number of carbonyl (C=O) groups is 1. The fraction of sp³-hybridized carbons (Fsp3) is 0.478. The SMILES string of the molecule is COC(=O)CC1CN(c2nc(NC3CC[S+]([O-])CC3)nc(Nc3cccc(C(F)F)c3)c2C=N)C1. The van der Waals surface area contributed by atoms with Crippen LogP contribution in [0.4, 0.5) is 32.1 Å². The number of hydrogen-bond acceptors (Lipinski definition) is 9. The first-order chi connectivity index (χ1) is 16.9. The lowest BCUT2D eigenvalue weighted by Crippen LogP contribution is -2.48. The number of halogens is 2. The molecule has 35 heavy (non-hydrogen) atoms. The van der Waals surface area contributed by atoms with Crippen LogP contribution in [0.25, 0.3) is 0 Å². The van der Waals surface area contributed by atoms with Gasteiger partial charge in [-0.15, -0.1) is 0 Å². The van der Waals surface area contributed by atoms with Gasteiger partial charge in [0.05, 0.1) is 19.1 Å². The second-order valence-electron chi connectivity index (χ2n) is 8.65. The lowest BCUT2D eigenvalue weighted by Gasteiger charge is -2.40. The summed E-state index contributed by atoms with van der Waals surface area (Å²) in [5, 5.41) is 14.4. The molecule has 12 heteroatoms. The highest BCUT2D eigenvalue weighted by atomic mass is 32.2. The zero-order valence-electron chi connectivity index (χ0n) is 19.3. The number of nitrogens with one attached hydrogen (secondary N) is 3. The Morgan fingerprint density at radius 2 is 2.09 bits per heavy atom. The predicted octanol–water partition coefficient (Wildman–Crippen LogP) is 3.48. The molecular weight excluding hydrogens is 478 g/mol. The van der Waals surface area contributed by atoms with Crippen molar-refractivity contribution in [2.24, 2.45) is 5.92 Å². The van der Waals surface area contributed by atoms with Crippen molar-refractivity contribution in [3.63, 3.8) is 0 Å². The number of methoxy groups -OCH3 is 1. The maximum Gasteiger partial charge on any atom is 0.305 e. The average molecular weight is 507 g/mol. The van der Waals surface area contributed by atoms with E-state index in [-0.39, 0.29) is 23.5 Å². The molecule has 0 spiro atoms. The molecule has 188 valence electrons. The number of hydrogen-bond donors (Lipinski definition) is 3. The van der Waals surface area contributed by atoms with Crippen LogP contribution >= 0.6 is 0 Å². The second-order valence-corrected chi connectivity index (χ2v) is 10.3. The maximum absolute atomic E-state index is 13.2. The topological polar surface area (TPSA) is 126 Å². The molecule has 0 bridgehead atoms. The predicted molar refractivity (Wildman–Crippen MR) is 131 cm³/mol. The fourth-order valence-electron chi connectivity index (χ4n) is 4.19. The molecule has 0 radical (unpaired) electrons. The summed E-state index contributed by atoms with van der Waals surface area (Å²) >= 11 is -0.805. The Bertz CT molecular complexity index is 1060. The van der Waals surface area contributed by atoms with Crippen LogP contribution in [-0.4, -0.2) is 64.5 Å². The smallest absolute Gasteiger partial charge is 0.305 e. The fourth-order valence-corrected chi connectivity index (χ4v) is 5.49. The molecule has 0 atom stereocenters. The summed E-state index contributed by atoms with van der Waals surface area (Å²) in [6, 6.07) is 5.94. The van der Waals surface area contributed by atoms with Gasteiger partial charge in [0, 0.05) is 55.4 Å². The van der Waals surface area contributed by atoms with Gasteiger partial charge in [0.15, 0.2) is 0 Å². The van der Waals surface area contributed by atoms with Crippen LogP contribution in [0.3, 0.4) is 0 Å². The van der Waals surface area contributed by atoms with E-state index in [1.807, 2.05) is 4.90 Å². The molecule has 0 amide bonds. The summed E-state index contributed by atoms with van der Waals surface area (Å²) in [6.45, 7) is 1.13. The third-order valence-corrected chi connectivity index (χ3v) is 7.51. The van der Waals surface area contributed by atoms with Crippen molar-refractivity contribution in [3.8, 4) is 0 Å². The Kier molecular flexibility index (Phi) is 8.01. The third-order valence-electron chi connectivity index (χ3n) is 6.13. The zero-order chi connectivity index (χ0) is 24.9. The van der Waals surface area contributed by atoms with E-state index < -0.39 is 17.6 Å². The molecule has 0 saturated carbocycles. The van der Waals surface area contributed by atoms with Crippen LogP contribution in [0, 0.1) is 11.3 Å². The highest BCUT2D eigenvalue weighted by Crippen LogP contribution is 2.33. The number of ether oxygens (including phenoxy) is 1. The van der Waals surface area contributed by atoms with Crippen LogP contribution in [0.2, 0.25) is 0 Å². The highest BCUT2D eigenvalue weighted by Gasteiger charge is 2.33. The number of anilines is 4. The van der Waals surface area contributed by atoms with Crippen LogP contribution in [0.1, 0.15) is 36.8 Å². The standard InChI is InChI=1S/C23H28F2N6O3S/c1-34-19(32)9-14-12-31(13-14)22-18(11-26)21(27-17-4-2-3-15(10-17)20(24)25)29-23(30-22)28-16-5-7-35(33)8-6-16/h2-4,10-11,14,16,20,26H,5-9,12-13H2,1H3,(H2,27,28,29,30). The third kappa shape index (κ3) is 6.17. The molecular formula is C23H28F2N6O3S. The van der Waals surface area contributed by atoms with Gasteiger partial charge in [0.1, 0.15) is 23.1 Å². The zero-order valence-corrected chi connectivity index (χ0v) is 20.1. The Morgan fingerprint density at radius 3 is 2.74 bits per heavy atom. The Morgan fingerprint density at radius 1 is 1.34 bits per heavy atom. The van der Waals surface area contributed by atoms with Crippen molar-refractivity contribution in [3.05, 3.63) is 35.4 Å². The van der Waals surface area contributed by atoms with Crippen LogP contribution in [-0.2, 0) is 20.7 Å². The first kappa shape index (κ1) is 25.1.